The van der Waals surface area contributed by atoms with Crippen LogP contribution in [-0.2, 0) is 17.0 Å². The lowest BCUT2D eigenvalue weighted by molar-refractivity contribution is -0.137. The van der Waals surface area contributed by atoms with Gasteiger partial charge in [-0.1, -0.05) is 18.0 Å². The van der Waals surface area contributed by atoms with Crippen molar-refractivity contribution in [2.45, 2.75) is 49.5 Å². The quantitative estimate of drug-likeness (QED) is 0.841. The van der Waals surface area contributed by atoms with E-state index in [0.29, 0.717) is 18.1 Å². The second-order valence-corrected chi connectivity index (χ2v) is 5.50. The first kappa shape index (κ1) is 12.4. The van der Waals surface area contributed by atoms with Gasteiger partial charge >= 0.3 is 5.97 Å². The van der Waals surface area contributed by atoms with E-state index in [1.165, 1.54) is 25.7 Å². The fourth-order valence-electron chi connectivity index (χ4n) is 1.91. The Hall–Kier alpha value is -1.04. The molecule has 17 heavy (non-hydrogen) atoms. The summed E-state index contributed by atoms with van der Waals surface area (Å²) in [6.45, 7) is 0. The van der Waals surface area contributed by atoms with Gasteiger partial charge in [0.15, 0.2) is 5.82 Å². The molecule has 0 aromatic carbocycles. The predicted octanol–water partition coefficient (Wildman–Crippen LogP) is 2.26. The Bertz CT molecular complexity index is 375. The standard InChI is InChI=1S/C11H16N2O3S/c14-11(15)6-5-10-12-9(13-16-10)7-17-8-3-1-2-4-8/h8H,1-7H2,(H,14,15). The number of aryl methyl sites for hydroxylation is 1. The Morgan fingerprint density at radius 1 is 1.47 bits per heavy atom. The highest BCUT2D eigenvalue weighted by Gasteiger charge is 2.16. The van der Waals surface area contributed by atoms with Gasteiger partial charge in [-0.3, -0.25) is 4.79 Å². The molecule has 1 fully saturated rings. The summed E-state index contributed by atoms with van der Waals surface area (Å²) in [7, 11) is 0. The van der Waals surface area contributed by atoms with Crippen molar-refractivity contribution in [1.29, 1.82) is 0 Å². The second kappa shape index (κ2) is 6.05. The van der Waals surface area contributed by atoms with Crippen LogP contribution in [-0.4, -0.2) is 26.5 Å². The van der Waals surface area contributed by atoms with Crippen molar-refractivity contribution in [3.05, 3.63) is 11.7 Å². The molecule has 0 saturated heterocycles. The smallest absolute Gasteiger partial charge is 0.303 e. The molecule has 1 aliphatic carbocycles. The third-order valence-corrected chi connectivity index (χ3v) is 4.18. The summed E-state index contributed by atoms with van der Waals surface area (Å²) in [6, 6.07) is 0. The van der Waals surface area contributed by atoms with Crippen molar-refractivity contribution in [3.8, 4) is 0 Å². The average molecular weight is 256 g/mol. The molecule has 1 aromatic rings. The van der Waals surface area contributed by atoms with E-state index >= 15 is 0 Å². The fourth-order valence-corrected chi connectivity index (χ4v) is 3.08. The lowest BCUT2D eigenvalue weighted by Gasteiger charge is -2.04. The summed E-state index contributed by atoms with van der Waals surface area (Å²) in [5, 5.41) is 13.1. The first-order valence-electron chi connectivity index (χ1n) is 5.89. The van der Waals surface area contributed by atoms with Crippen LogP contribution in [0.3, 0.4) is 0 Å². The van der Waals surface area contributed by atoms with Crippen molar-refractivity contribution >= 4 is 17.7 Å². The zero-order valence-electron chi connectivity index (χ0n) is 9.59. The molecule has 1 aromatic heterocycles. The number of thioether (sulfide) groups is 1. The van der Waals surface area contributed by atoms with Gasteiger partial charge in [-0.05, 0) is 12.8 Å². The van der Waals surface area contributed by atoms with E-state index in [4.69, 9.17) is 9.63 Å². The van der Waals surface area contributed by atoms with Crippen LogP contribution in [0.4, 0.5) is 0 Å². The molecule has 0 bridgehead atoms. The van der Waals surface area contributed by atoms with E-state index in [0.717, 1.165) is 11.0 Å². The molecule has 0 spiro atoms. The molecule has 6 heteroatoms. The minimum absolute atomic E-state index is 0.0391. The van der Waals surface area contributed by atoms with Crippen LogP contribution in [0.2, 0.25) is 0 Å². The topological polar surface area (TPSA) is 76.2 Å². The summed E-state index contributed by atoms with van der Waals surface area (Å²) in [4.78, 5) is 14.6. The minimum atomic E-state index is -0.843. The zero-order valence-corrected chi connectivity index (χ0v) is 10.4. The van der Waals surface area contributed by atoms with Gasteiger partial charge in [0.05, 0.1) is 12.2 Å². The monoisotopic (exact) mass is 256 g/mol. The van der Waals surface area contributed by atoms with Gasteiger partial charge in [-0.25, -0.2) is 0 Å². The number of carbonyl (C=O) groups is 1. The van der Waals surface area contributed by atoms with E-state index in [1.807, 2.05) is 11.8 Å². The summed E-state index contributed by atoms with van der Waals surface area (Å²) in [5.41, 5.74) is 0. The van der Waals surface area contributed by atoms with Gasteiger partial charge < -0.3 is 9.63 Å². The number of carboxylic acid groups (broad SMARTS) is 1. The molecule has 0 aliphatic heterocycles. The van der Waals surface area contributed by atoms with Crippen molar-refractivity contribution in [2.75, 3.05) is 0 Å². The molecule has 94 valence electrons. The van der Waals surface area contributed by atoms with Crippen LogP contribution in [0.5, 0.6) is 0 Å². The van der Waals surface area contributed by atoms with Gasteiger partial charge in [0.1, 0.15) is 0 Å². The molecule has 0 atom stereocenters. The van der Waals surface area contributed by atoms with E-state index < -0.39 is 5.97 Å². The minimum Gasteiger partial charge on any atom is -0.481 e. The highest BCUT2D eigenvalue weighted by molar-refractivity contribution is 7.99. The SMILES string of the molecule is O=C(O)CCc1nc(CSC2CCCC2)no1. The largest absolute Gasteiger partial charge is 0.481 e. The zero-order chi connectivity index (χ0) is 12.1. The first-order valence-corrected chi connectivity index (χ1v) is 6.94. The molecule has 1 heterocycles. The maximum atomic E-state index is 10.4. The summed E-state index contributed by atoms with van der Waals surface area (Å²) in [6.07, 6.45) is 5.58. The van der Waals surface area contributed by atoms with Gasteiger partial charge in [0.2, 0.25) is 5.89 Å². The number of hydrogen-bond donors (Lipinski definition) is 1. The first-order chi connectivity index (χ1) is 8.24. The number of aliphatic carboxylic acids is 1. The van der Waals surface area contributed by atoms with Crippen molar-refractivity contribution in [2.24, 2.45) is 0 Å². The Labute approximate surface area is 104 Å². The summed E-state index contributed by atoms with van der Waals surface area (Å²) < 4.78 is 4.99. The van der Waals surface area contributed by atoms with Gasteiger partial charge in [0.25, 0.3) is 0 Å². The Morgan fingerprint density at radius 3 is 2.94 bits per heavy atom. The highest BCUT2D eigenvalue weighted by Crippen LogP contribution is 2.30. The molecule has 0 unspecified atom stereocenters. The Balaban J connectivity index is 1.75. The molecule has 0 amide bonds. The Morgan fingerprint density at radius 2 is 2.24 bits per heavy atom. The van der Waals surface area contributed by atoms with E-state index in [2.05, 4.69) is 10.1 Å². The fraction of sp³-hybridized carbons (Fsp3) is 0.727. The molecular weight excluding hydrogens is 240 g/mol. The van der Waals surface area contributed by atoms with E-state index in [9.17, 15) is 4.79 Å². The molecule has 2 rings (SSSR count). The number of hydrogen-bond acceptors (Lipinski definition) is 5. The molecule has 1 saturated carbocycles. The molecular formula is C11H16N2O3S. The molecule has 1 aliphatic rings. The number of nitrogens with zero attached hydrogens (tertiary/aromatic N) is 2. The van der Waals surface area contributed by atoms with E-state index in [1.54, 1.807) is 0 Å². The van der Waals surface area contributed by atoms with Crippen LogP contribution < -0.4 is 0 Å². The number of aromatic nitrogens is 2. The third-order valence-electron chi connectivity index (χ3n) is 2.81. The third kappa shape index (κ3) is 4.03. The van der Waals surface area contributed by atoms with E-state index in [-0.39, 0.29) is 6.42 Å². The molecule has 1 N–H and O–H groups in total. The lowest BCUT2D eigenvalue weighted by Crippen LogP contribution is -1.98. The van der Waals surface area contributed by atoms with Gasteiger partial charge in [-0.2, -0.15) is 16.7 Å². The normalized spacial score (nSPS) is 16.5. The summed E-state index contributed by atoms with van der Waals surface area (Å²) >= 11 is 1.87. The van der Waals surface area contributed by atoms with Crippen molar-refractivity contribution in [3.63, 3.8) is 0 Å². The van der Waals surface area contributed by atoms with Crippen molar-refractivity contribution in [1.82, 2.24) is 10.1 Å². The van der Waals surface area contributed by atoms with Gasteiger partial charge in [-0.15, -0.1) is 0 Å². The summed E-state index contributed by atoms with van der Waals surface area (Å²) in [5.74, 6) is 1.03. The number of carboxylic acids is 1. The van der Waals surface area contributed by atoms with Crippen LogP contribution >= 0.6 is 11.8 Å². The molecule has 0 radical (unpaired) electrons. The van der Waals surface area contributed by atoms with Crippen LogP contribution in [0.15, 0.2) is 4.52 Å². The van der Waals surface area contributed by atoms with Crippen LogP contribution in [0.25, 0.3) is 0 Å². The average Bonchev–Trinajstić information content (AvgIpc) is 2.95. The highest BCUT2D eigenvalue weighted by atomic mass is 32.2. The Kier molecular flexibility index (Phi) is 4.42. The lowest BCUT2D eigenvalue weighted by atomic mass is 10.3. The maximum Gasteiger partial charge on any atom is 0.303 e. The maximum absolute atomic E-state index is 10.4. The molecule has 5 nitrogen and oxygen atoms in total. The predicted molar refractivity (Wildman–Crippen MR) is 63.8 cm³/mol. The van der Waals surface area contributed by atoms with Crippen molar-refractivity contribution < 1.29 is 14.4 Å². The van der Waals surface area contributed by atoms with Gasteiger partial charge in [0, 0.05) is 11.7 Å². The van der Waals surface area contributed by atoms with Crippen LogP contribution in [0.1, 0.15) is 43.8 Å². The number of rotatable bonds is 6. The second-order valence-electron chi connectivity index (χ2n) is 4.22. The van der Waals surface area contributed by atoms with Crippen LogP contribution in [0, 0.1) is 0 Å².